The van der Waals surface area contributed by atoms with E-state index in [1.165, 1.54) is 9.44 Å². The number of aromatic nitrogens is 2. The molecular weight excluding hydrogens is 298 g/mol. The van der Waals surface area contributed by atoms with Crippen LogP contribution in [0, 0.1) is 6.92 Å². The Balaban J connectivity index is 1.90. The number of thiophene rings is 1. The van der Waals surface area contributed by atoms with Crippen molar-refractivity contribution >= 4 is 17.2 Å². The molecule has 0 radical (unpaired) electrons. The summed E-state index contributed by atoms with van der Waals surface area (Å²) in [6.07, 6.45) is 2.86. The third-order valence-electron chi connectivity index (χ3n) is 4.24. The quantitative estimate of drug-likeness (QED) is 0.870. The van der Waals surface area contributed by atoms with E-state index in [0.717, 1.165) is 36.4 Å². The highest BCUT2D eigenvalue weighted by Gasteiger charge is 2.27. The summed E-state index contributed by atoms with van der Waals surface area (Å²) in [5.74, 6) is -0.0682. The lowest BCUT2D eigenvalue weighted by molar-refractivity contribution is 0.0775. The minimum absolute atomic E-state index is 0.0682. The predicted molar refractivity (Wildman–Crippen MR) is 87.5 cm³/mol. The Labute approximate surface area is 133 Å². The molecule has 6 heteroatoms. The molecule has 0 atom stereocenters. The Morgan fingerprint density at radius 2 is 2.14 bits per heavy atom. The Morgan fingerprint density at radius 3 is 2.82 bits per heavy atom. The first-order valence-corrected chi connectivity index (χ1v) is 8.40. The molecule has 0 N–H and O–H groups in total. The second-order valence-electron chi connectivity index (χ2n) is 5.92. The van der Waals surface area contributed by atoms with Crippen LogP contribution in [-0.2, 0) is 26.6 Å². The number of carbonyl (C=O) groups is 1. The van der Waals surface area contributed by atoms with E-state index >= 15 is 0 Å². The van der Waals surface area contributed by atoms with Gasteiger partial charge in [0.05, 0.1) is 12.2 Å². The second-order valence-corrected chi connectivity index (χ2v) is 7.29. The number of carbonyl (C=O) groups excluding carboxylic acids is 1. The first kappa shape index (κ1) is 15.1. The number of hydrogen-bond donors (Lipinski definition) is 0. The van der Waals surface area contributed by atoms with Gasteiger partial charge in [-0.25, -0.2) is 4.79 Å². The van der Waals surface area contributed by atoms with E-state index in [1.54, 1.807) is 34.9 Å². The SMILES string of the molecule is Cc1ccc(CN(C)C(=O)c2c3n(c(=O)n2C)CCCC3)s1. The van der Waals surface area contributed by atoms with Gasteiger partial charge >= 0.3 is 5.69 Å². The van der Waals surface area contributed by atoms with Crippen molar-refractivity contribution in [1.82, 2.24) is 14.0 Å². The van der Waals surface area contributed by atoms with Crippen LogP contribution in [0.4, 0.5) is 0 Å². The van der Waals surface area contributed by atoms with Gasteiger partial charge in [0.2, 0.25) is 0 Å². The van der Waals surface area contributed by atoms with Crippen molar-refractivity contribution in [2.24, 2.45) is 7.05 Å². The van der Waals surface area contributed by atoms with Crippen molar-refractivity contribution in [2.75, 3.05) is 7.05 Å². The van der Waals surface area contributed by atoms with E-state index in [0.29, 0.717) is 12.2 Å². The molecule has 2 aromatic rings. The van der Waals surface area contributed by atoms with E-state index in [-0.39, 0.29) is 11.6 Å². The highest BCUT2D eigenvalue weighted by atomic mass is 32.1. The first-order chi connectivity index (χ1) is 10.5. The van der Waals surface area contributed by atoms with Gasteiger partial charge in [-0.2, -0.15) is 0 Å². The molecule has 22 heavy (non-hydrogen) atoms. The molecule has 3 rings (SSSR count). The molecule has 0 unspecified atom stereocenters. The molecule has 1 aliphatic heterocycles. The van der Waals surface area contributed by atoms with Crippen molar-refractivity contribution < 1.29 is 4.79 Å². The monoisotopic (exact) mass is 319 g/mol. The van der Waals surface area contributed by atoms with E-state index < -0.39 is 0 Å². The first-order valence-electron chi connectivity index (χ1n) is 7.58. The van der Waals surface area contributed by atoms with E-state index in [1.807, 2.05) is 0 Å². The largest absolute Gasteiger partial charge is 0.335 e. The average Bonchev–Trinajstić information content (AvgIpc) is 3.01. The number of amides is 1. The zero-order valence-electron chi connectivity index (χ0n) is 13.3. The predicted octanol–water partition coefficient (Wildman–Crippen LogP) is 2.17. The Morgan fingerprint density at radius 1 is 1.36 bits per heavy atom. The van der Waals surface area contributed by atoms with Crippen LogP contribution in [0.5, 0.6) is 0 Å². The molecule has 0 fully saturated rings. The summed E-state index contributed by atoms with van der Waals surface area (Å²) in [6.45, 7) is 3.36. The normalized spacial score (nSPS) is 14.0. The van der Waals surface area contributed by atoms with E-state index in [4.69, 9.17) is 0 Å². The van der Waals surface area contributed by atoms with E-state index in [9.17, 15) is 9.59 Å². The van der Waals surface area contributed by atoms with Crippen LogP contribution in [0.2, 0.25) is 0 Å². The highest BCUT2D eigenvalue weighted by molar-refractivity contribution is 7.11. The summed E-state index contributed by atoms with van der Waals surface area (Å²) >= 11 is 1.70. The summed E-state index contributed by atoms with van der Waals surface area (Å²) in [5, 5.41) is 0. The van der Waals surface area contributed by atoms with Gasteiger partial charge < -0.3 is 4.90 Å². The molecule has 118 valence electrons. The number of rotatable bonds is 3. The van der Waals surface area contributed by atoms with Gasteiger partial charge in [-0.05, 0) is 38.3 Å². The molecule has 5 nitrogen and oxygen atoms in total. The van der Waals surface area contributed by atoms with Gasteiger partial charge in [0, 0.05) is 30.4 Å². The maximum absolute atomic E-state index is 12.8. The topological polar surface area (TPSA) is 47.2 Å². The summed E-state index contributed by atoms with van der Waals surface area (Å²) in [7, 11) is 3.50. The molecular formula is C16H21N3O2S. The number of imidazole rings is 1. The minimum atomic E-state index is -0.0709. The zero-order chi connectivity index (χ0) is 15.9. The van der Waals surface area contributed by atoms with Crippen LogP contribution in [-0.4, -0.2) is 27.0 Å². The molecule has 0 saturated heterocycles. The van der Waals surface area contributed by atoms with E-state index in [2.05, 4.69) is 19.1 Å². The van der Waals surface area contributed by atoms with Crippen LogP contribution >= 0.6 is 11.3 Å². The number of aryl methyl sites for hydroxylation is 1. The maximum Gasteiger partial charge on any atom is 0.328 e. The van der Waals surface area contributed by atoms with Gasteiger partial charge in [0.1, 0.15) is 5.69 Å². The lowest BCUT2D eigenvalue weighted by atomic mass is 10.1. The number of nitrogens with zero attached hydrogens (tertiary/aromatic N) is 3. The van der Waals surface area contributed by atoms with Gasteiger partial charge in [-0.15, -0.1) is 11.3 Å². The number of fused-ring (bicyclic) bond motifs is 1. The van der Waals surface area contributed by atoms with Gasteiger partial charge in [-0.1, -0.05) is 0 Å². The fourth-order valence-electron chi connectivity index (χ4n) is 3.08. The summed E-state index contributed by atoms with van der Waals surface area (Å²) in [6, 6.07) is 4.12. The Kier molecular flexibility index (Phi) is 3.95. The van der Waals surface area contributed by atoms with Crippen LogP contribution in [0.15, 0.2) is 16.9 Å². The summed E-state index contributed by atoms with van der Waals surface area (Å²) in [4.78, 5) is 29.2. The average molecular weight is 319 g/mol. The van der Waals surface area contributed by atoms with Crippen LogP contribution in [0.3, 0.4) is 0 Å². The third kappa shape index (κ3) is 2.52. The fraction of sp³-hybridized carbons (Fsp3) is 0.500. The van der Waals surface area contributed by atoms with Crippen LogP contribution in [0.1, 0.15) is 38.8 Å². The Hall–Kier alpha value is -1.82. The second kappa shape index (κ2) is 5.76. The van der Waals surface area contributed by atoms with Crippen molar-refractivity contribution in [2.45, 2.75) is 39.3 Å². The molecule has 0 saturated carbocycles. The lowest BCUT2D eigenvalue weighted by Gasteiger charge is -2.19. The minimum Gasteiger partial charge on any atom is -0.335 e. The van der Waals surface area contributed by atoms with Crippen molar-refractivity contribution in [3.8, 4) is 0 Å². The molecule has 3 heterocycles. The number of hydrogen-bond acceptors (Lipinski definition) is 3. The van der Waals surface area contributed by atoms with Gasteiger partial charge in [0.15, 0.2) is 0 Å². The van der Waals surface area contributed by atoms with Crippen LogP contribution in [0.25, 0.3) is 0 Å². The smallest absolute Gasteiger partial charge is 0.328 e. The molecule has 1 aliphatic rings. The van der Waals surface area contributed by atoms with Crippen molar-refractivity contribution in [1.29, 1.82) is 0 Å². The molecule has 0 bridgehead atoms. The molecule has 0 aromatic carbocycles. The Bertz CT molecular complexity index is 769. The fourth-order valence-corrected chi connectivity index (χ4v) is 4.03. The van der Waals surface area contributed by atoms with Gasteiger partial charge in [0.25, 0.3) is 5.91 Å². The standard InChI is InChI=1S/C16H21N3O2S/c1-11-7-8-12(22-11)10-17(2)15(20)14-13-6-4-5-9-19(13)16(21)18(14)3/h7-8H,4-6,9-10H2,1-3H3. The lowest BCUT2D eigenvalue weighted by Crippen LogP contribution is -2.30. The maximum atomic E-state index is 12.8. The van der Waals surface area contributed by atoms with Crippen LogP contribution < -0.4 is 5.69 Å². The summed E-state index contributed by atoms with van der Waals surface area (Å²) in [5.41, 5.74) is 1.39. The molecule has 0 aliphatic carbocycles. The molecule has 0 spiro atoms. The van der Waals surface area contributed by atoms with Crippen molar-refractivity contribution in [3.63, 3.8) is 0 Å². The molecule has 2 aromatic heterocycles. The third-order valence-corrected chi connectivity index (χ3v) is 5.22. The highest BCUT2D eigenvalue weighted by Crippen LogP contribution is 2.21. The zero-order valence-corrected chi connectivity index (χ0v) is 14.1. The summed E-state index contributed by atoms with van der Waals surface area (Å²) < 4.78 is 3.28. The van der Waals surface area contributed by atoms with Crippen molar-refractivity contribution in [3.05, 3.63) is 43.8 Å². The molecule has 1 amide bonds. The van der Waals surface area contributed by atoms with Gasteiger partial charge in [-0.3, -0.25) is 13.9 Å².